The Bertz CT molecular complexity index is 3490. The molecule has 0 fully saturated rings. The van der Waals surface area contributed by atoms with E-state index in [-0.39, 0.29) is 0 Å². The number of furan rings is 1. The van der Waals surface area contributed by atoms with Crippen molar-refractivity contribution >= 4 is 115 Å². The van der Waals surface area contributed by atoms with E-state index in [0.29, 0.717) is 0 Å². The van der Waals surface area contributed by atoms with Crippen LogP contribution in [0, 0.1) is 0 Å². The number of hydrogen-bond donors (Lipinski definition) is 0. The SMILES string of the molecule is c1ccc(N(c2ccc3c(c2)oc2ccccc23)c2cc(N(c3ccccc3)c3ccccc3)c3c(c2)sc2c4ccccc4c(N(c4ccccc4)c4ccccc4)cc23)cc1. The normalized spacial score (nSPS) is 11.5. The molecule has 2 aromatic heterocycles. The van der Waals surface area contributed by atoms with Crippen molar-refractivity contribution in [1.82, 2.24) is 0 Å². The van der Waals surface area contributed by atoms with E-state index in [1.807, 2.05) is 23.5 Å². The standard InChI is InChI=1S/C58H39N3OS/c1-6-20-40(21-7-1)59(45-34-35-49-48-31-18-19-33-54(48)62-55(49)37-45)46-36-53(61(43-26-12-4-13-27-43)44-28-14-5-15-29-44)57-51-39-52(47-30-16-17-32-50(47)58(51)63-56(57)38-46)60(41-22-8-2-9-23-41)42-24-10-3-11-25-42/h1-39H. The molecule has 4 nitrogen and oxygen atoms in total. The molecular weight excluding hydrogens is 787 g/mol. The summed E-state index contributed by atoms with van der Waals surface area (Å²) in [6.07, 6.45) is 0. The Morgan fingerprint density at radius 1 is 0.286 bits per heavy atom. The van der Waals surface area contributed by atoms with Gasteiger partial charge in [0.05, 0.1) is 11.4 Å². The van der Waals surface area contributed by atoms with Crippen molar-refractivity contribution in [3.63, 3.8) is 0 Å². The molecule has 0 aliphatic rings. The van der Waals surface area contributed by atoms with E-state index in [1.54, 1.807) is 0 Å². The summed E-state index contributed by atoms with van der Waals surface area (Å²) in [5, 5.41) is 7.03. The zero-order chi connectivity index (χ0) is 41.7. The highest BCUT2D eigenvalue weighted by molar-refractivity contribution is 7.26. The van der Waals surface area contributed by atoms with Gasteiger partial charge in [0.25, 0.3) is 0 Å². The Hall–Kier alpha value is -8.12. The molecule has 12 aromatic rings. The van der Waals surface area contributed by atoms with E-state index in [0.717, 1.165) is 73.1 Å². The van der Waals surface area contributed by atoms with Crippen molar-refractivity contribution in [3.05, 3.63) is 237 Å². The van der Waals surface area contributed by atoms with Crippen LogP contribution in [0.25, 0.3) is 52.9 Å². The van der Waals surface area contributed by atoms with Crippen LogP contribution in [-0.4, -0.2) is 0 Å². The molecule has 0 N–H and O–H groups in total. The van der Waals surface area contributed by atoms with Gasteiger partial charge in [-0.25, -0.2) is 0 Å². The Kier molecular flexibility index (Phi) is 8.98. The molecule has 0 spiro atoms. The Labute approximate surface area is 369 Å². The molecule has 63 heavy (non-hydrogen) atoms. The van der Waals surface area contributed by atoms with Crippen LogP contribution >= 0.6 is 11.3 Å². The van der Waals surface area contributed by atoms with Gasteiger partial charge in [-0.3, -0.25) is 0 Å². The van der Waals surface area contributed by atoms with E-state index in [4.69, 9.17) is 4.42 Å². The summed E-state index contributed by atoms with van der Waals surface area (Å²) in [4.78, 5) is 7.19. The lowest BCUT2D eigenvalue weighted by atomic mass is 10.0. The fourth-order valence-electron chi connectivity index (χ4n) is 9.20. The highest BCUT2D eigenvalue weighted by Crippen LogP contribution is 2.52. The predicted octanol–water partition coefficient (Wildman–Crippen LogP) is 17.5. The summed E-state index contributed by atoms with van der Waals surface area (Å²) in [6.45, 7) is 0. The molecule has 0 aliphatic carbocycles. The van der Waals surface area contributed by atoms with Crippen LogP contribution in [0.2, 0.25) is 0 Å². The lowest BCUT2D eigenvalue weighted by Crippen LogP contribution is -2.13. The van der Waals surface area contributed by atoms with E-state index in [2.05, 4.69) is 239 Å². The molecule has 0 radical (unpaired) electrons. The van der Waals surface area contributed by atoms with Crippen LogP contribution in [0.5, 0.6) is 0 Å². The number of thiophene rings is 1. The highest BCUT2D eigenvalue weighted by Gasteiger charge is 2.26. The maximum atomic E-state index is 6.50. The minimum absolute atomic E-state index is 0.855. The van der Waals surface area contributed by atoms with Gasteiger partial charge in [0.2, 0.25) is 0 Å². The monoisotopic (exact) mass is 825 g/mol. The minimum Gasteiger partial charge on any atom is -0.456 e. The molecule has 2 heterocycles. The van der Waals surface area contributed by atoms with Crippen LogP contribution in [-0.2, 0) is 0 Å². The third-order valence-electron chi connectivity index (χ3n) is 12.0. The maximum Gasteiger partial charge on any atom is 0.137 e. The zero-order valence-electron chi connectivity index (χ0n) is 34.2. The fraction of sp³-hybridized carbons (Fsp3) is 0. The molecule has 298 valence electrons. The average Bonchev–Trinajstić information content (AvgIpc) is 3.92. The van der Waals surface area contributed by atoms with Gasteiger partial charge in [-0.2, -0.15) is 0 Å². The molecular formula is C58H39N3OS. The lowest BCUT2D eigenvalue weighted by Gasteiger charge is -2.30. The van der Waals surface area contributed by atoms with E-state index >= 15 is 0 Å². The number of fused-ring (bicyclic) bond motifs is 8. The quantitative estimate of drug-likeness (QED) is 0.145. The number of para-hydroxylation sites is 6. The third-order valence-corrected chi connectivity index (χ3v) is 13.1. The van der Waals surface area contributed by atoms with E-state index in [9.17, 15) is 0 Å². The summed E-state index contributed by atoms with van der Waals surface area (Å²) >= 11 is 1.86. The molecule has 12 rings (SSSR count). The minimum atomic E-state index is 0.855. The second-order valence-corrected chi connectivity index (χ2v) is 16.8. The van der Waals surface area contributed by atoms with Gasteiger partial charge in [-0.15, -0.1) is 11.3 Å². The summed E-state index contributed by atoms with van der Waals surface area (Å²) in [7, 11) is 0. The number of nitrogens with zero attached hydrogens (tertiary/aromatic N) is 3. The lowest BCUT2D eigenvalue weighted by molar-refractivity contribution is 0.669. The van der Waals surface area contributed by atoms with Crippen molar-refractivity contribution in [1.29, 1.82) is 0 Å². The van der Waals surface area contributed by atoms with E-state index in [1.165, 1.54) is 30.9 Å². The van der Waals surface area contributed by atoms with Gasteiger partial charge in [0.1, 0.15) is 11.2 Å². The van der Waals surface area contributed by atoms with Crippen molar-refractivity contribution in [2.45, 2.75) is 0 Å². The van der Waals surface area contributed by atoms with Crippen LogP contribution in [0.3, 0.4) is 0 Å². The zero-order valence-corrected chi connectivity index (χ0v) is 35.0. The topological polar surface area (TPSA) is 22.9 Å². The van der Waals surface area contributed by atoms with Crippen molar-refractivity contribution < 1.29 is 4.42 Å². The number of hydrogen-bond acceptors (Lipinski definition) is 5. The largest absolute Gasteiger partial charge is 0.456 e. The smallest absolute Gasteiger partial charge is 0.137 e. The van der Waals surface area contributed by atoms with Crippen molar-refractivity contribution in [2.75, 3.05) is 14.7 Å². The number of rotatable bonds is 9. The first-order chi connectivity index (χ1) is 31.3. The average molecular weight is 826 g/mol. The molecule has 0 amide bonds. The highest BCUT2D eigenvalue weighted by atomic mass is 32.1. The molecule has 0 saturated heterocycles. The second kappa shape index (κ2) is 15.4. The Morgan fingerprint density at radius 3 is 1.32 bits per heavy atom. The third kappa shape index (κ3) is 6.37. The molecule has 10 aromatic carbocycles. The first-order valence-electron chi connectivity index (χ1n) is 21.3. The van der Waals surface area contributed by atoms with E-state index < -0.39 is 0 Å². The van der Waals surface area contributed by atoms with Gasteiger partial charge in [-0.1, -0.05) is 133 Å². The van der Waals surface area contributed by atoms with Crippen LogP contribution in [0.1, 0.15) is 0 Å². The second-order valence-electron chi connectivity index (χ2n) is 15.7. The first-order valence-corrected chi connectivity index (χ1v) is 22.1. The van der Waals surface area contributed by atoms with Crippen molar-refractivity contribution in [3.8, 4) is 0 Å². The summed E-state index contributed by atoms with van der Waals surface area (Å²) in [6, 6.07) is 84.6. The summed E-state index contributed by atoms with van der Waals surface area (Å²) in [5.41, 5.74) is 11.4. The van der Waals surface area contributed by atoms with Gasteiger partial charge < -0.3 is 19.1 Å². The predicted molar refractivity (Wildman–Crippen MR) is 268 cm³/mol. The summed E-state index contributed by atoms with van der Waals surface area (Å²) < 4.78 is 8.94. The molecule has 0 bridgehead atoms. The molecule has 0 unspecified atom stereocenters. The Morgan fingerprint density at radius 2 is 0.746 bits per heavy atom. The van der Waals surface area contributed by atoms with Gasteiger partial charge >= 0.3 is 0 Å². The molecule has 0 saturated carbocycles. The Balaban J connectivity index is 1.19. The van der Waals surface area contributed by atoms with Crippen LogP contribution in [0.4, 0.5) is 51.2 Å². The number of anilines is 9. The fourth-order valence-corrected chi connectivity index (χ4v) is 10.5. The first kappa shape index (κ1) is 36.7. The summed E-state index contributed by atoms with van der Waals surface area (Å²) in [5.74, 6) is 0. The van der Waals surface area contributed by atoms with Gasteiger partial charge in [0, 0.05) is 87.6 Å². The van der Waals surface area contributed by atoms with Crippen molar-refractivity contribution in [2.24, 2.45) is 0 Å². The maximum absolute atomic E-state index is 6.50. The molecule has 0 aliphatic heterocycles. The van der Waals surface area contributed by atoms with Crippen LogP contribution in [0.15, 0.2) is 241 Å². The molecule has 0 atom stereocenters. The molecule has 5 heteroatoms. The van der Waals surface area contributed by atoms with Gasteiger partial charge in [0.15, 0.2) is 0 Å². The van der Waals surface area contributed by atoms with Crippen LogP contribution < -0.4 is 14.7 Å². The number of benzene rings is 10. The van der Waals surface area contributed by atoms with Gasteiger partial charge in [-0.05, 0) is 97.1 Å².